The van der Waals surface area contributed by atoms with Crippen molar-refractivity contribution in [1.82, 2.24) is 14.7 Å². The molecule has 0 aliphatic heterocycles. The van der Waals surface area contributed by atoms with Crippen LogP contribution >= 0.6 is 0 Å². The maximum Gasteiger partial charge on any atom is 0.323 e. The Morgan fingerprint density at radius 2 is 2.00 bits per heavy atom. The molecule has 3 N–H and O–H groups in total. The average Bonchev–Trinajstić information content (AvgIpc) is 2.73. The lowest BCUT2D eigenvalue weighted by Gasteiger charge is -2.10. The molecule has 9 nitrogen and oxygen atoms in total. The van der Waals surface area contributed by atoms with Crippen molar-refractivity contribution < 1.29 is 14.3 Å². The van der Waals surface area contributed by atoms with E-state index in [0.29, 0.717) is 18.0 Å². The van der Waals surface area contributed by atoms with Gasteiger partial charge in [0.1, 0.15) is 11.4 Å². The summed E-state index contributed by atoms with van der Waals surface area (Å²) in [5, 5.41) is 7.87. The molecular weight excluding hydrogens is 374 g/mol. The van der Waals surface area contributed by atoms with Crippen LogP contribution in [0.4, 0.5) is 16.2 Å². The van der Waals surface area contributed by atoms with Crippen LogP contribution in [0.3, 0.4) is 0 Å². The van der Waals surface area contributed by atoms with Gasteiger partial charge in [-0.15, -0.1) is 0 Å². The van der Waals surface area contributed by atoms with E-state index in [1.54, 1.807) is 36.4 Å². The highest BCUT2D eigenvalue weighted by Crippen LogP contribution is 2.17. The van der Waals surface area contributed by atoms with E-state index in [4.69, 9.17) is 4.74 Å². The molecule has 0 atom stereocenters. The SMILES string of the molecule is CCCNC(=O)c1cccn2c(=O)c(NC(=O)Nc3cccc(OC)c3)cnc12. The van der Waals surface area contributed by atoms with Crippen LogP contribution in [0.5, 0.6) is 5.75 Å². The number of aromatic nitrogens is 2. The Morgan fingerprint density at radius 1 is 1.17 bits per heavy atom. The zero-order valence-electron chi connectivity index (χ0n) is 16.1. The minimum atomic E-state index is -0.603. The van der Waals surface area contributed by atoms with Crippen LogP contribution in [0.2, 0.25) is 0 Å². The number of carbonyl (C=O) groups is 2. The fraction of sp³-hybridized carbons (Fsp3) is 0.200. The molecule has 0 unspecified atom stereocenters. The van der Waals surface area contributed by atoms with E-state index in [-0.39, 0.29) is 22.8 Å². The van der Waals surface area contributed by atoms with Gasteiger partial charge in [0.25, 0.3) is 11.5 Å². The Bertz CT molecular complexity index is 1110. The predicted octanol–water partition coefficient (Wildman–Crippen LogP) is 2.49. The molecule has 0 saturated heterocycles. The van der Waals surface area contributed by atoms with Crippen LogP contribution in [-0.2, 0) is 0 Å². The van der Waals surface area contributed by atoms with Gasteiger partial charge in [-0.3, -0.25) is 14.0 Å². The number of urea groups is 1. The summed E-state index contributed by atoms with van der Waals surface area (Å²) in [5.41, 5.74) is 0.482. The van der Waals surface area contributed by atoms with Crippen molar-refractivity contribution in [2.75, 3.05) is 24.3 Å². The molecule has 0 aliphatic rings. The quantitative estimate of drug-likeness (QED) is 0.593. The van der Waals surface area contributed by atoms with Gasteiger partial charge in [0.15, 0.2) is 5.65 Å². The second kappa shape index (κ2) is 8.87. The number of methoxy groups -OCH3 is 1. The molecule has 3 amide bonds. The van der Waals surface area contributed by atoms with Crippen molar-refractivity contribution in [1.29, 1.82) is 0 Å². The summed E-state index contributed by atoms with van der Waals surface area (Å²) in [6.45, 7) is 2.47. The van der Waals surface area contributed by atoms with E-state index in [1.165, 1.54) is 23.9 Å². The first kappa shape index (κ1) is 19.9. The van der Waals surface area contributed by atoms with E-state index in [0.717, 1.165) is 6.42 Å². The van der Waals surface area contributed by atoms with E-state index in [9.17, 15) is 14.4 Å². The molecule has 0 radical (unpaired) electrons. The lowest BCUT2D eigenvalue weighted by atomic mass is 10.2. The minimum Gasteiger partial charge on any atom is -0.497 e. The van der Waals surface area contributed by atoms with Crippen molar-refractivity contribution in [3.05, 3.63) is 64.7 Å². The standard InChI is InChI=1S/C20H21N5O4/c1-3-9-21-18(26)15-8-5-10-25-17(15)22-12-16(19(25)27)24-20(28)23-13-6-4-7-14(11-13)29-2/h4-8,10-12H,3,9H2,1-2H3,(H,21,26)(H2,23,24,28). The summed E-state index contributed by atoms with van der Waals surface area (Å²) in [5.74, 6) is 0.275. The molecule has 2 heterocycles. The largest absolute Gasteiger partial charge is 0.497 e. The van der Waals surface area contributed by atoms with Crippen LogP contribution in [-0.4, -0.2) is 35.0 Å². The third-order valence-electron chi connectivity index (χ3n) is 4.09. The fourth-order valence-electron chi connectivity index (χ4n) is 2.69. The van der Waals surface area contributed by atoms with Gasteiger partial charge in [-0.1, -0.05) is 13.0 Å². The molecule has 3 rings (SSSR count). The predicted molar refractivity (Wildman–Crippen MR) is 110 cm³/mol. The van der Waals surface area contributed by atoms with E-state index >= 15 is 0 Å². The monoisotopic (exact) mass is 395 g/mol. The number of fused-ring (bicyclic) bond motifs is 1. The van der Waals surface area contributed by atoms with Crippen molar-refractivity contribution in [2.45, 2.75) is 13.3 Å². The molecule has 0 bridgehead atoms. The minimum absolute atomic E-state index is 0.0194. The number of carbonyl (C=O) groups excluding carboxylic acids is 2. The Balaban J connectivity index is 1.83. The van der Waals surface area contributed by atoms with Crippen molar-refractivity contribution in [2.24, 2.45) is 0 Å². The highest BCUT2D eigenvalue weighted by molar-refractivity contribution is 6.01. The molecule has 0 saturated carbocycles. The normalized spacial score (nSPS) is 10.4. The van der Waals surface area contributed by atoms with E-state index in [1.807, 2.05) is 6.92 Å². The van der Waals surface area contributed by atoms with E-state index < -0.39 is 11.6 Å². The Kier molecular flexibility index (Phi) is 6.08. The van der Waals surface area contributed by atoms with Gasteiger partial charge in [0, 0.05) is 24.5 Å². The van der Waals surface area contributed by atoms with Crippen LogP contribution in [0.1, 0.15) is 23.7 Å². The molecule has 1 aromatic carbocycles. The smallest absolute Gasteiger partial charge is 0.323 e. The molecule has 150 valence electrons. The van der Waals surface area contributed by atoms with Gasteiger partial charge in [0.05, 0.1) is 18.9 Å². The summed E-state index contributed by atoms with van der Waals surface area (Å²) in [7, 11) is 1.53. The van der Waals surface area contributed by atoms with Gasteiger partial charge in [0.2, 0.25) is 0 Å². The summed E-state index contributed by atoms with van der Waals surface area (Å²) in [4.78, 5) is 41.5. The molecular formula is C20H21N5O4. The van der Waals surface area contributed by atoms with Crippen LogP contribution < -0.4 is 26.2 Å². The highest BCUT2D eigenvalue weighted by atomic mass is 16.5. The first-order valence-corrected chi connectivity index (χ1v) is 9.04. The molecule has 0 spiro atoms. The van der Waals surface area contributed by atoms with Gasteiger partial charge >= 0.3 is 6.03 Å². The maximum absolute atomic E-state index is 12.7. The summed E-state index contributed by atoms with van der Waals surface area (Å²) in [6, 6.07) is 9.38. The molecule has 0 aliphatic carbocycles. The first-order valence-electron chi connectivity index (χ1n) is 9.04. The second-order valence-corrected chi connectivity index (χ2v) is 6.16. The number of anilines is 2. The number of hydrogen-bond donors (Lipinski definition) is 3. The topological polar surface area (TPSA) is 114 Å². The average molecular weight is 395 g/mol. The van der Waals surface area contributed by atoms with Crippen LogP contribution in [0, 0.1) is 0 Å². The summed E-state index contributed by atoms with van der Waals surface area (Å²) < 4.78 is 6.33. The fourth-order valence-corrected chi connectivity index (χ4v) is 2.69. The van der Waals surface area contributed by atoms with Gasteiger partial charge < -0.3 is 20.7 Å². The molecule has 2 aromatic heterocycles. The second-order valence-electron chi connectivity index (χ2n) is 6.16. The molecule has 3 aromatic rings. The number of amides is 3. The van der Waals surface area contributed by atoms with Gasteiger partial charge in [-0.2, -0.15) is 0 Å². The summed E-state index contributed by atoms with van der Waals surface area (Å²) >= 11 is 0. The van der Waals surface area contributed by atoms with Crippen molar-refractivity contribution in [3.63, 3.8) is 0 Å². The van der Waals surface area contributed by atoms with Crippen LogP contribution in [0.25, 0.3) is 5.65 Å². The maximum atomic E-state index is 12.7. The molecule has 29 heavy (non-hydrogen) atoms. The third kappa shape index (κ3) is 4.52. The zero-order chi connectivity index (χ0) is 20.8. The number of pyridine rings is 1. The number of benzene rings is 1. The van der Waals surface area contributed by atoms with Gasteiger partial charge in [-0.05, 0) is 30.7 Å². The highest BCUT2D eigenvalue weighted by Gasteiger charge is 2.14. The molecule has 9 heteroatoms. The Hall–Kier alpha value is -3.88. The first-order chi connectivity index (χ1) is 14.0. The Labute approximate surface area is 166 Å². The summed E-state index contributed by atoms with van der Waals surface area (Å²) in [6.07, 6.45) is 3.52. The van der Waals surface area contributed by atoms with Gasteiger partial charge in [-0.25, -0.2) is 9.78 Å². The number of rotatable bonds is 6. The third-order valence-corrected chi connectivity index (χ3v) is 4.09. The van der Waals surface area contributed by atoms with Crippen LogP contribution in [0.15, 0.2) is 53.6 Å². The number of ether oxygens (including phenoxy) is 1. The lowest BCUT2D eigenvalue weighted by Crippen LogP contribution is -2.29. The number of nitrogens with one attached hydrogen (secondary N) is 3. The number of nitrogens with zero attached hydrogens (tertiary/aromatic N) is 2. The van der Waals surface area contributed by atoms with Crippen molar-refractivity contribution in [3.8, 4) is 5.75 Å². The number of hydrogen-bond acceptors (Lipinski definition) is 5. The molecule has 0 fully saturated rings. The lowest BCUT2D eigenvalue weighted by molar-refractivity contribution is 0.0954. The Morgan fingerprint density at radius 3 is 2.76 bits per heavy atom. The van der Waals surface area contributed by atoms with E-state index in [2.05, 4.69) is 20.9 Å². The van der Waals surface area contributed by atoms with Crippen molar-refractivity contribution >= 4 is 29.0 Å². The zero-order valence-corrected chi connectivity index (χ0v) is 16.1.